The molecule has 1 saturated heterocycles. The van der Waals surface area contributed by atoms with Crippen LogP contribution in [0.2, 0.25) is 0 Å². The second-order valence-corrected chi connectivity index (χ2v) is 4.66. The third kappa shape index (κ3) is 3.01. The van der Waals surface area contributed by atoms with Crippen LogP contribution < -0.4 is 9.47 Å². The number of likely N-dealkylation sites (tertiary alicyclic amines) is 1. The quantitative estimate of drug-likeness (QED) is 0.833. The summed E-state index contributed by atoms with van der Waals surface area (Å²) in [7, 11) is 4.69. The molecule has 1 amide bonds. The van der Waals surface area contributed by atoms with Crippen LogP contribution in [0.25, 0.3) is 0 Å². The van der Waals surface area contributed by atoms with Gasteiger partial charge in [0.2, 0.25) is 11.8 Å². The van der Waals surface area contributed by atoms with Crippen LogP contribution in [0.15, 0.2) is 12.1 Å². The van der Waals surface area contributed by atoms with Gasteiger partial charge in [0.05, 0.1) is 20.3 Å². The van der Waals surface area contributed by atoms with Crippen molar-refractivity contribution >= 4 is 5.91 Å². The van der Waals surface area contributed by atoms with Crippen LogP contribution in [0.3, 0.4) is 0 Å². The molecular weight excluding hydrogens is 260 g/mol. The number of amides is 1. The molecule has 6 heteroatoms. The minimum Gasteiger partial charge on any atom is -0.481 e. The van der Waals surface area contributed by atoms with Crippen LogP contribution >= 0.6 is 0 Å². The van der Waals surface area contributed by atoms with Crippen molar-refractivity contribution in [1.29, 1.82) is 0 Å². The lowest BCUT2D eigenvalue weighted by atomic mass is 10.1. The zero-order valence-corrected chi connectivity index (χ0v) is 12.1. The fourth-order valence-electron chi connectivity index (χ4n) is 2.34. The van der Waals surface area contributed by atoms with E-state index in [1.807, 2.05) is 0 Å². The molecule has 0 aliphatic carbocycles. The van der Waals surface area contributed by atoms with Gasteiger partial charge in [-0.15, -0.1) is 0 Å². The van der Waals surface area contributed by atoms with Crippen molar-refractivity contribution in [2.45, 2.75) is 18.9 Å². The van der Waals surface area contributed by atoms with Crippen molar-refractivity contribution in [1.82, 2.24) is 9.88 Å². The molecule has 0 spiro atoms. The summed E-state index contributed by atoms with van der Waals surface area (Å²) in [6, 6.07) is 3.34. The molecule has 0 saturated carbocycles. The standard InChI is InChI=1S/C14H20N2O4/c1-18-10-5-4-8-16(9-10)14(17)11-6-7-12(19-2)15-13(11)20-3/h6-7,10H,4-5,8-9H2,1-3H3/t10-/m1/s1. The predicted octanol–water partition coefficient (Wildman–Crippen LogP) is 1.35. The van der Waals surface area contributed by atoms with E-state index < -0.39 is 0 Å². The van der Waals surface area contributed by atoms with E-state index in [2.05, 4.69) is 4.98 Å². The first-order valence-corrected chi connectivity index (χ1v) is 6.60. The molecule has 1 aliphatic heterocycles. The molecule has 0 radical (unpaired) electrons. The van der Waals surface area contributed by atoms with Crippen LogP contribution in [0, 0.1) is 0 Å². The molecule has 1 aliphatic rings. The minimum absolute atomic E-state index is 0.0845. The zero-order valence-electron chi connectivity index (χ0n) is 12.1. The van der Waals surface area contributed by atoms with E-state index in [1.54, 1.807) is 24.1 Å². The van der Waals surface area contributed by atoms with E-state index in [4.69, 9.17) is 14.2 Å². The SMILES string of the molecule is COc1ccc(C(=O)N2CCC[C@@H](OC)C2)c(OC)n1. The molecule has 0 unspecified atom stereocenters. The van der Waals surface area contributed by atoms with Gasteiger partial charge in [0.15, 0.2) is 0 Å². The van der Waals surface area contributed by atoms with Gasteiger partial charge in [0, 0.05) is 26.3 Å². The van der Waals surface area contributed by atoms with Crippen molar-refractivity contribution < 1.29 is 19.0 Å². The maximum absolute atomic E-state index is 12.6. The summed E-state index contributed by atoms with van der Waals surface area (Å²) < 4.78 is 15.6. The first-order chi connectivity index (χ1) is 9.69. The molecule has 0 N–H and O–H groups in total. The Bertz CT molecular complexity index is 478. The van der Waals surface area contributed by atoms with Crippen molar-refractivity contribution in [3.63, 3.8) is 0 Å². The van der Waals surface area contributed by atoms with Crippen LogP contribution in [0.5, 0.6) is 11.8 Å². The average molecular weight is 280 g/mol. The van der Waals surface area contributed by atoms with Gasteiger partial charge in [-0.2, -0.15) is 4.98 Å². The Morgan fingerprint density at radius 1 is 1.30 bits per heavy atom. The molecule has 0 aromatic carbocycles. The summed E-state index contributed by atoms with van der Waals surface area (Å²) in [5.41, 5.74) is 0.449. The number of methoxy groups -OCH3 is 3. The Labute approximate surface area is 118 Å². The number of carbonyl (C=O) groups is 1. The van der Waals surface area contributed by atoms with E-state index >= 15 is 0 Å². The number of rotatable bonds is 4. The molecule has 110 valence electrons. The Hall–Kier alpha value is -1.82. The third-order valence-corrected chi connectivity index (χ3v) is 3.47. The highest BCUT2D eigenvalue weighted by Crippen LogP contribution is 2.23. The molecule has 20 heavy (non-hydrogen) atoms. The smallest absolute Gasteiger partial charge is 0.259 e. The van der Waals surface area contributed by atoms with E-state index in [-0.39, 0.29) is 17.9 Å². The van der Waals surface area contributed by atoms with Crippen LogP contribution in [0.1, 0.15) is 23.2 Å². The van der Waals surface area contributed by atoms with Gasteiger partial charge in [0.25, 0.3) is 5.91 Å². The summed E-state index contributed by atoms with van der Waals surface area (Å²) in [6.07, 6.45) is 2.03. The van der Waals surface area contributed by atoms with Gasteiger partial charge in [-0.05, 0) is 18.9 Å². The number of piperidine rings is 1. The van der Waals surface area contributed by atoms with Gasteiger partial charge < -0.3 is 19.1 Å². The van der Waals surface area contributed by atoms with Gasteiger partial charge in [-0.1, -0.05) is 0 Å². The second-order valence-electron chi connectivity index (χ2n) is 4.66. The van der Waals surface area contributed by atoms with Gasteiger partial charge in [-0.3, -0.25) is 4.79 Å². The van der Waals surface area contributed by atoms with Crippen LogP contribution in [0.4, 0.5) is 0 Å². The maximum Gasteiger partial charge on any atom is 0.259 e. The highest BCUT2D eigenvalue weighted by Gasteiger charge is 2.26. The van der Waals surface area contributed by atoms with Crippen molar-refractivity contribution in [2.75, 3.05) is 34.4 Å². The van der Waals surface area contributed by atoms with E-state index in [0.717, 1.165) is 19.4 Å². The van der Waals surface area contributed by atoms with Crippen molar-refractivity contribution in [3.8, 4) is 11.8 Å². The molecule has 2 heterocycles. The lowest BCUT2D eigenvalue weighted by molar-refractivity contribution is 0.0267. The Morgan fingerprint density at radius 3 is 2.75 bits per heavy atom. The predicted molar refractivity (Wildman–Crippen MR) is 73.3 cm³/mol. The summed E-state index contributed by atoms with van der Waals surface area (Å²) >= 11 is 0. The summed E-state index contributed by atoms with van der Waals surface area (Å²) in [5, 5.41) is 0. The minimum atomic E-state index is -0.0845. The Balaban J connectivity index is 2.19. The summed E-state index contributed by atoms with van der Waals surface area (Å²) in [6.45, 7) is 1.33. The fourth-order valence-corrected chi connectivity index (χ4v) is 2.34. The van der Waals surface area contributed by atoms with E-state index in [9.17, 15) is 4.79 Å². The molecule has 1 fully saturated rings. The van der Waals surface area contributed by atoms with Crippen molar-refractivity contribution in [2.24, 2.45) is 0 Å². The van der Waals surface area contributed by atoms with Gasteiger partial charge in [0.1, 0.15) is 5.56 Å². The zero-order chi connectivity index (χ0) is 14.5. The topological polar surface area (TPSA) is 60.9 Å². The number of pyridine rings is 1. The van der Waals surface area contributed by atoms with Crippen LogP contribution in [-0.4, -0.2) is 56.3 Å². The largest absolute Gasteiger partial charge is 0.481 e. The molecule has 6 nitrogen and oxygen atoms in total. The highest BCUT2D eigenvalue weighted by molar-refractivity contribution is 5.96. The number of hydrogen-bond acceptors (Lipinski definition) is 5. The van der Waals surface area contributed by atoms with Crippen LogP contribution in [-0.2, 0) is 4.74 Å². The number of ether oxygens (including phenoxy) is 3. The molecule has 0 bridgehead atoms. The summed E-state index contributed by atoms with van der Waals surface area (Å²) in [4.78, 5) is 18.5. The van der Waals surface area contributed by atoms with Gasteiger partial charge in [-0.25, -0.2) is 0 Å². The van der Waals surface area contributed by atoms with Gasteiger partial charge >= 0.3 is 0 Å². The molecule has 1 atom stereocenters. The van der Waals surface area contributed by atoms with E-state index in [0.29, 0.717) is 18.0 Å². The van der Waals surface area contributed by atoms with Crippen molar-refractivity contribution in [3.05, 3.63) is 17.7 Å². The maximum atomic E-state index is 12.6. The Morgan fingerprint density at radius 2 is 2.10 bits per heavy atom. The first kappa shape index (κ1) is 14.6. The first-order valence-electron chi connectivity index (χ1n) is 6.60. The molecule has 2 rings (SSSR count). The van der Waals surface area contributed by atoms with E-state index in [1.165, 1.54) is 14.2 Å². The lowest BCUT2D eigenvalue weighted by Crippen LogP contribution is -2.43. The fraction of sp³-hybridized carbons (Fsp3) is 0.571. The number of nitrogens with zero attached hydrogens (tertiary/aromatic N) is 2. The lowest BCUT2D eigenvalue weighted by Gasteiger charge is -2.32. The number of hydrogen-bond donors (Lipinski definition) is 0. The monoisotopic (exact) mass is 280 g/mol. The normalized spacial score (nSPS) is 18.8. The third-order valence-electron chi connectivity index (χ3n) is 3.47. The highest BCUT2D eigenvalue weighted by atomic mass is 16.5. The second kappa shape index (κ2) is 6.56. The summed E-state index contributed by atoms with van der Waals surface area (Å²) in [5.74, 6) is 0.624. The Kier molecular flexibility index (Phi) is 4.79. The molecule has 1 aromatic rings. The molecule has 1 aromatic heterocycles. The number of carbonyl (C=O) groups excluding carboxylic acids is 1. The average Bonchev–Trinajstić information content (AvgIpc) is 2.53. The molecular formula is C14H20N2O4. The number of aromatic nitrogens is 1.